The van der Waals surface area contributed by atoms with E-state index in [1.54, 1.807) is 27.8 Å². The molecule has 1 atom stereocenters. The number of carboxylic acid groups (broad SMARTS) is 1. The zero-order chi connectivity index (χ0) is 11.1. The van der Waals surface area contributed by atoms with Crippen LogP contribution in [0.5, 0.6) is 0 Å². The number of hydrogen-bond donors (Lipinski definition) is 1. The van der Waals surface area contributed by atoms with Gasteiger partial charge in [0.05, 0.1) is 0 Å². The highest BCUT2D eigenvalue weighted by molar-refractivity contribution is 8.76. The quantitative estimate of drug-likeness (QED) is 0.778. The Balaban J connectivity index is 2.22. The molecule has 0 aliphatic heterocycles. The van der Waals surface area contributed by atoms with Crippen LogP contribution >= 0.6 is 21.6 Å². The van der Waals surface area contributed by atoms with Gasteiger partial charge in [-0.05, 0) is 29.3 Å². The van der Waals surface area contributed by atoms with Crippen molar-refractivity contribution in [2.24, 2.45) is 0 Å². The minimum Gasteiger partial charge on any atom is -0.481 e. The fourth-order valence-electron chi connectivity index (χ4n) is 0.903. The lowest BCUT2D eigenvalue weighted by Gasteiger charge is -2.07. The summed E-state index contributed by atoms with van der Waals surface area (Å²) in [5.41, 5.74) is 0. The molecule has 1 aromatic rings. The first-order chi connectivity index (χ1) is 7.18. The number of aliphatic carboxylic acids is 1. The maximum absolute atomic E-state index is 10.3. The van der Waals surface area contributed by atoms with Gasteiger partial charge in [-0.2, -0.15) is 0 Å². The van der Waals surface area contributed by atoms with Gasteiger partial charge in [0.1, 0.15) is 5.03 Å². The van der Waals surface area contributed by atoms with Gasteiger partial charge in [0.2, 0.25) is 0 Å². The van der Waals surface area contributed by atoms with E-state index in [1.165, 1.54) is 0 Å². The average Bonchev–Trinajstić information content (AvgIpc) is 2.25. The molecule has 0 saturated carbocycles. The molecule has 0 fully saturated rings. The van der Waals surface area contributed by atoms with Crippen molar-refractivity contribution in [3.05, 3.63) is 24.4 Å². The van der Waals surface area contributed by atoms with Gasteiger partial charge in [-0.3, -0.25) is 4.79 Å². The Bertz CT molecular complexity index is 306. The molecule has 3 nitrogen and oxygen atoms in total. The second-order valence-electron chi connectivity index (χ2n) is 3.09. The maximum atomic E-state index is 10.3. The molecule has 15 heavy (non-hydrogen) atoms. The number of nitrogens with zero attached hydrogens (tertiary/aromatic N) is 1. The van der Waals surface area contributed by atoms with Crippen LogP contribution in [0, 0.1) is 0 Å². The van der Waals surface area contributed by atoms with E-state index in [0.29, 0.717) is 11.7 Å². The number of pyridine rings is 1. The summed E-state index contributed by atoms with van der Waals surface area (Å²) in [5.74, 6) is -0.731. The van der Waals surface area contributed by atoms with E-state index in [9.17, 15) is 4.79 Å². The van der Waals surface area contributed by atoms with Gasteiger partial charge in [-0.15, -0.1) is 0 Å². The van der Waals surface area contributed by atoms with Gasteiger partial charge in [-0.1, -0.05) is 23.8 Å². The molecule has 1 aromatic heterocycles. The molecular weight excluding hydrogens is 230 g/mol. The van der Waals surface area contributed by atoms with Crippen molar-refractivity contribution < 1.29 is 9.90 Å². The maximum Gasteiger partial charge on any atom is 0.303 e. The van der Waals surface area contributed by atoms with Crippen LogP contribution in [0.25, 0.3) is 0 Å². The molecule has 1 heterocycles. The molecule has 0 amide bonds. The van der Waals surface area contributed by atoms with Crippen molar-refractivity contribution in [1.29, 1.82) is 0 Å². The molecule has 0 aliphatic carbocycles. The van der Waals surface area contributed by atoms with Gasteiger partial charge in [0.25, 0.3) is 0 Å². The second kappa shape index (κ2) is 6.74. The molecule has 0 unspecified atom stereocenters. The Kier molecular flexibility index (Phi) is 5.57. The molecule has 5 heteroatoms. The molecule has 0 bridgehead atoms. The number of hydrogen-bond acceptors (Lipinski definition) is 4. The van der Waals surface area contributed by atoms with E-state index in [0.717, 1.165) is 5.03 Å². The number of rotatable bonds is 6. The minimum atomic E-state index is -0.731. The average molecular weight is 243 g/mol. The SMILES string of the molecule is C[C@@H](CCC(=O)O)SSc1ccccn1. The lowest BCUT2D eigenvalue weighted by molar-refractivity contribution is -0.137. The van der Waals surface area contributed by atoms with Crippen molar-refractivity contribution >= 4 is 27.6 Å². The van der Waals surface area contributed by atoms with Crippen LogP contribution in [-0.2, 0) is 4.79 Å². The summed E-state index contributed by atoms with van der Waals surface area (Å²) in [7, 11) is 3.26. The molecule has 82 valence electrons. The second-order valence-corrected chi connectivity index (χ2v) is 5.75. The number of carbonyl (C=O) groups is 1. The van der Waals surface area contributed by atoms with E-state index in [1.807, 2.05) is 25.1 Å². The Morgan fingerprint density at radius 2 is 2.40 bits per heavy atom. The lowest BCUT2D eigenvalue weighted by atomic mass is 10.2. The third-order valence-electron chi connectivity index (χ3n) is 1.70. The highest BCUT2D eigenvalue weighted by Gasteiger charge is 2.07. The first-order valence-corrected chi connectivity index (χ1v) is 6.86. The normalized spacial score (nSPS) is 12.3. The fraction of sp³-hybridized carbons (Fsp3) is 0.400. The third kappa shape index (κ3) is 5.69. The summed E-state index contributed by atoms with van der Waals surface area (Å²) in [6.45, 7) is 2.03. The Hall–Kier alpha value is -0.680. The number of carboxylic acids is 1. The summed E-state index contributed by atoms with van der Waals surface area (Å²) in [6.07, 6.45) is 2.68. The van der Waals surface area contributed by atoms with Gasteiger partial charge in [-0.25, -0.2) is 4.98 Å². The molecule has 1 N–H and O–H groups in total. The van der Waals surface area contributed by atoms with Gasteiger partial charge < -0.3 is 5.11 Å². The van der Waals surface area contributed by atoms with Crippen molar-refractivity contribution in [3.63, 3.8) is 0 Å². The number of aromatic nitrogens is 1. The van der Waals surface area contributed by atoms with E-state index >= 15 is 0 Å². The van der Waals surface area contributed by atoms with Gasteiger partial charge in [0, 0.05) is 17.9 Å². The van der Waals surface area contributed by atoms with E-state index < -0.39 is 5.97 Å². The van der Waals surface area contributed by atoms with Gasteiger partial charge in [0.15, 0.2) is 0 Å². The molecule has 0 spiro atoms. The summed E-state index contributed by atoms with van der Waals surface area (Å²) in [4.78, 5) is 14.5. The van der Waals surface area contributed by atoms with Crippen LogP contribution in [-0.4, -0.2) is 21.3 Å². The van der Waals surface area contributed by atoms with Crippen LogP contribution in [0.2, 0.25) is 0 Å². The van der Waals surface area contributed by atoms with E-state index in [-0.39, 0.29) is 6.42 Å². The highest BCUT2D eigenvalue weighted by atomic mass is 33.1. The predicted octanol–water partition coefficient (Wildman–Crippen LogP) is 3.08. The summed E-state index contributed by atoms with van der Waals surface area (Å²) in [5, 5.41) is 9.81. The largest absolute Gasteiger partial charge is 0.481 e. The van der Waals surface area contributed by atoms with Crippen molar-refractivity contribution in [2.75, 3.05) is 0 Å². The fourth-order valence-corrected chi connectivity index (χ4v) is 2.99. The molecular formula is C10H13NO2S2. The zero-order valence-electron chi connectivity index (χ0n) is 8.42. The molecule has 0 radical (unpaired) electrons. The Labute approximate surface area is 97.1 Å². The molecule has 0 saturated heterocycles. The molecule has 0 aliphatic rings. The van der Waals surface area contributed by atoms with E-state index in [4.69, 9.17) is 5.11 Å². The van der Waals surface area contributed by atoms with Crippen molar-refractivity contribution in [3.8, 4) is 0 Å². The van der Waals surface area contributed by atoms with Crippen LogP contribution in [0.3, 0.4) is 0 Å². The third-order valence-corrected chi connectivity index (χ3v) is 4.56. The van der Waals surface area contributed by atoms with Crippen molar-refractivity contribution in [2.45, 2.75) is 30.0 Å². The monoisotopic (exact) mass is 243 g/mol. The summed E-state index contributed by atoms with van der Waals surface area (Å²) in [6, 6.07) is 5.77. The lowest BCUT2D eigenvalue weighted by Crippen LogP contribution is -2.00. The highest BCUT2D eigenvalue weighted by Crippen LogP contribution is 2.34. The van der Waals surface area contributed by atoms with E-state index in [2.05, 4.69) is 4.98 Å². The van der Waals surface area contributed by atoms with Crippen molar-refractivity contribution in [1.82, 2.24) is 4.98 Å². The smallest absolute Gasteiger partial charge is 0.303 e. The molecule has 0 aromatic carbocycles. The first-order valence-electron chi connectivity index (χ1n) is 4.64. The van der Waals surface area contributed by atoms with Gasteiger partial charge >= 0.3 is 5.97 Å². The molecule has 1 rings (SSSR count). The van der Waals surface area contributed by atoms with Crippen LogP contribution < -0.4 is 0 Å². The van der Waals surface area contributed by atoms with Crippen LogP contribution in [0.15, 0.2) is 29.4 Å². The summed E-state index contributed by atoms with van der Waals surface area (Å²) < 4.78 is 0. The predicted molar refractivity (Wildman–Crippen MR) is 64.0 cm³/mol. The van der Waals surface area contributed by atoms with Crippen LogP contribution in [0.1, 0.15) is 19.8 Å². The Morgan fingerprint density at radius 1 is 1.60 bits per heavy atom. The topological polar surface area (TPSA) is 50.2 Å². The minimum absolute atomic E-state index is 0.233. The zero-order valence-corrected chi connectivity index (χ0v) is 10.1. The summed E-state index contributed by atoms with van der Waals surface area (Å²) >= 11 is 0. The standard InChI is InChI=1S/C10H13NO2S2/c1-8(5-6-10(12)13)14-15-9-4-2-3-7-11-9/h2-4,7-8H,5-6H2,1H3,(H,12,13)/t8-/m0/s1. The first kappa shape index (κ1) is 12.4. The Morgan fingerprint density at radius 3 is 3.00 bits per heavy atom. The van der Waals surface area contributed by atoms with Crippen LogP contribution in [0.4, 0.5) is 0 Å².